The third kappa shape index (κ3) is 3.15. The van der Waals surface area contributed by atoms with Gasteiger partial charge in [0.2, 0.25) is 0 Å². The molecule has 21 heavy (non-hydrogen) atoms. The highest BCUT2D eigenvalue weighted by molar-refractivity contribution is 6.04. The second-order valence-corrected chi connectivity index (χ2v) is 4.11. The Kier molecular flexibility index (Phi) is 4.14. The number of rotatable bonds is 3. The van der Waals surface area contributed by atoms with Crippen LogP contribution in [0.1, 0.15) is 15.9 Å². The van der Waals surface area contributed by atoms with E-state index in [1.165, 1.54) is 31.4 Å². The van der Waals surface area contributed by atoms with Gasteiger partial charge in [-0.3, -0.25) is 4.79 Å². The molecule has 6 heteroatoms. The Bertz CT molecular complexity index is 739. The van der Waals surface area contributed by atoms with Crippen LogP contribution in [0, 0.1) is 23.0 Å². The molecule has 0 spiro atoms. The largest absolute Gasteiger partial charge is 0.494 e. The Labute approximate surface area is 119 Å². The summed E-state index contributed by atoms with van der Waals surface area (Å²) in [6.45, 7) is 0. The molecule has 0 bridgehead atoms. The van der Waals surface area contributed by atoms with E-state index in [-0.39, 0.29) is 22.6 Å². The molecule has 0 saturated carbocycles. The van der Waals surface area contributed by atoms with Crippen molar-refractivity contribution in [1.82, 2.24) is 0 Å². The number of nitrogens with zero attached hydrogens (tertiary/aromatic N) is 1. The van der Waals surface area contributed by atoms with Crippen LogP contribution in [-0.2, 0) is 0 Å². The number of hydrogen-bond acceptors (Lipinski definition) is 3. The first-order valence-electron chi connectivity index (χ1n) is 5.89. The Morgan fingerprint density at radius 3 is 2.52 bits per heavy atom. The number of ether oxygens (including phenoxy) is 1. The van der Waals surface area contributed by atoms with E-state index in [0.717, 1.165) is 12.1 Å². The number of carbonyl (C=O) groups is 1. The smallest absolute Gasteiger partial charge is 0.255 e. The number of amides is 1. The van der Waals surface area contributed by atoms with Crippen LogP contribution in [0.2, 0.25) is 0 Å². The van der Waals surface area contributed by atoms with Gasteiger partial charge in [0.1, 0.15) is 5.82 Å². The van der Waals surface area contributed by atoms with Gasteiger partial charge in [0.25, 0.3) is 5.91 Å². The highest BCUT2D eigenvalue weighted by Gasteiger charge is 2.12. The lowest BCUT2D eigenvalue weighted by Gasteiger charge is -2.08. The van der Waals surface area contributed by atoms with E-state index >= 15 is 0 Å². The van der Waals surface area contributed by atoms with Crippen molar-refractivity contribution < 1.29 is 18.3 Å². The van der Waals surface area contributed by atoms with Crippen LogP contribution in [0.4, 0.5) is 14.5 Å². The van der Waals surface area contributed by atoms with E-state index in [9.17, 15) is 13.6 Å². The molecule has 0 aliphatic rings. The molecular weight excluding hydrogens is 278 g/mol. The minimum atomic E-state index is -0.739. The van der Waals surface area contributed by atoms with Gasteiger partial charge < -0.3 is 10.1 Å². The first kappa shape index (κ1) is 14.5. The molecule has 0 saturated heterocycles. The third-order valence-corrected chi connectivity index (χ3v) is 2.76. The minimum absolute atomic E-state index is 0.0103. The Morgan fingerprint density at radius 2 is 1.95 bits per heavy atom. The summed E-state index contributed by atoms with van der Waals surface area (Å²) in [6.07, 6.45) is 0. The molecule has 0 aliphatic heterocycles. The molecule has 0 radical (unpaired) electrons. The van der Waals surface area contributed by atoms with Crippen molar-refractivity contribution in [1.29, 1.82) is 5.26 Å². The number of nitrogens with one attached hydrogen (secondary N) is 1. The normalized spacial score (nSPS) is 9.81. The van der Waals surface area contributed by atoms with E-state index in [0.29, 0.717) is 0 Å². The zero-order valence-corrected chi connectivity index (χ0v) is 11.0. The molecule has 0 fully saturated rings. The van der Waals surface area contributed by atoms with Crippen molar-refractivity contribution in [3.8, 4) is 11.8 Å². The monoisotopic (exact) mass is 288 g/mol. The maximum absolute atomic E-state index is 13.7. The van der Waals surface area contributed by atoms with Crippen LogP contribution in [0.15, 0.2) is 36.4 Å². The van der Waals surface area contributed by atoms with Crippen molar-refractivity contribution in [3.05, 3.63) is 59.2 Å². The number of benzene rings is 2. The molecule has 2 rings (SSSR count). The Balaban J connectivity index is 2.22. The van der Waals surface area contributed by atoms with Crippen molar-refractivity contribution >= 4 is 11.6 Å². The standard InChI is InChI=1S/C15H10F2N2O2/c1-21-14-5-3-10(7-12(14)17)15(20)19-13-4-2-9(8-18)6-11(13)16/h2-7H,1H3,(H,19,20). The maximum Gasteiger partial charge on any atom is 0.255 e. The van der Waals surface area contributed by atoms with Crippen molar-refractivity contribution in [2.75, 3.05) is 12.4 Å². The number of halogens is 2. The molecule has 2 aromatic rings. The number of methoxy groups -OCH3 is 1. The zero-order chi connectivity index (χ0) is 15.4. The van der Waals surface area contributed by atoms with Gasteiger partial charge in [0.15, 0.2) is 11.6 Å². The topological polar surface area (TPSA) is 62.1 Å². The van der Waals surface area contributed by atoms with Crippen LogP contribution in [-0.4, -0.2) is 13.0 Å². The van der Waals surface area contributed by atoms with Crippen LogP contribution in [0.5, 0.6) is 5.75 Å². The predicted molar refractivity (Wildman–Crippen MR) is 72.0 cm³/mol. The predicted octanol–water partition coefficient (Wildman–Crippen LogP) is 3.10. The second kappa shape index (κ2) is 6.01. The van der Waals surface area contributed by atoms with Crippen LogP contribution in [0.3, 0.4) is 0 Å². The first-order valence-corrected chi connectivity index (χ1v) is 5.89. The number of nitriles is 1. The summed E-state index contributed by atoms with van der Waals surface area (Å²) in [4.78, 5) is 11.9. The molecule has 0 aliphatic carbocycles. The number of hydrogen-bond donors (Lipinski definition) is 1. The molecule has 0 heterocycles. The van der Waals surface area contributed by atoms with Crippen LogP contribution in [0.25, 0.3) is 0 Å². The Morgan fingerprint density at radius 1 is 1.19 bits per heavy atom. The van der Waals surface area contributed by atoms with E-state index in [1.807, 2.05) is 0 Å². The lowest BCUT2D eigenvalue weighted by molar-refractivity contribution is 0.102. The van der Waals surface area contributed by atoms with E-state index < -0.39 is 17.5 Å². The minimum Gasteiger partial charge on any atom is -0.494 e. The fourth-order valence-electron chi connectivity index (χ4n) is 1.69. The first-order chi connectivity index (χ1) is 10.0. The maximum atomic E-state index is 13.7. The van der Waals surface area contributed by atoms with E-state index in [1.54, 1.807) is 6.07 Å². The second-order valence-electron chi connectivity index (χ2n) is 4.11. The fourth-order valence-corrected chi connectivity index (χ4v) is 1.69. The molecule has 2 aromatic carbocycles. The van der Waals surface area contributed by atoms with Gasteiger partial charge in [0, 0.05) is 5.56 Å². The molecule has 4 nitrogen and oxygen atoms in total. The van der Waals surface area contributed by atoms with Crippen LogP contribution >= 0.6 is 0 Å². The summed E-state index contributed by atoms with van der Waals surface area (Å²) in [6, 6.07) is 9.09. The molecule has 1 amide bonds. The fraction of sp³-hybridized carbons (Fsp3) is 0.0667. The van der Waals surface area contributed by atoms with Crippen molar-refractivity contribution in [2.45, 2.75) is 0 Å². The Hall–Kier alpha value is -2.94. The highest BCUT2D eigenvalue weighted by Crippen LogP contribution is 2.20. The van der Waals surface area contributed by atoms with Gasteiger partial charge in [-0.05, 0) is 36.4 Å². The average molecular weight is 288 g/mol. The average Bonchev–Trinajstić information content (AvgIpc) is 2.49. The van der Waals surface area contributed by atoms with E-state index in [4.69, 9.17) is 10.00 Å². The molecular formula is C15H10F2N2O2. The van der Waals surface area contributed by atoms with E-state index in [2.05, 4.69) is 5.32 Å². The zero-order valence-electron chi connectivity index (χ0n) is 11.0. The summed E-state index contributed by atoms with van der Waals surface area (Å²) < 4.78 is 31.9. The molecule has 106 valence electrons. The van der Waals surface area contributed by atoms with Gasteiger partial charge in [-0.1, -0.05) is 0 Å². The summed E-state index contributed by atoms with van der Waals surface area (Å²) in [5.41, 5.74) is 0.0771. The lowest BCUT2D eigenvalue weighted by atomic mass is 10.1. The van der Waals surface area contributed by atoms with Gasteiger partial charge in [-0.25, -0.2) is 8.78 Å². The summed E-state index contributed by atoms with van der Waals surface area (Å²) in [5, 5.41) is 10.9. The summed E-state index contributed by atoms with van der Waals surface area (Å²) >= 11 is 0. The molecule has 0 aromatic heterocycles. The van der Waals surface area contributed by atoms with Crippen molar-refractivity contribution in [2.24, 2.45) is 0 Å². The SMILES string of the molecule is COc1ccc(C(=O)Nc2ccc(C#N)cc2F)cc1F. The highest BCUT2D eigenvalue weighted by atomic mass is 19.1. The van der Waals surface area contributed by atoms with Gasteiger partial charge in [-0.15, -0.1) is 0 Å². The van der Waals surface area contributed by atoms with Gasteiger partial charge >= 0.3 is 0 Å². The number of carbonyl (C=O) groups excluding carboxylic acids is 1. The summed E-state index contributed by atoms with van der Waals surface area (Å²) in [5.74, 6) is -2.09. The van der Waals surface area contributed by atoms with Crippen LogP contribution < -0.4 is 10.1 Å². The lowest BCUT2D eigenvalue weighted by Crippen LogP contribution is -2.13. The third-order valence-electron chi connectivity index (χ3n) is 2.76. The molecule has 1 N–H and O–H groups in total. The summed E-state index contributed by atoms with van der Waals surface area (Å²) in [7, 11) is 1.31. The molecule has 0 unspecified atom stereocenters. The molecule has 0 atom stereocenters. The number of anilines is 1. The van der Waals surface area contributed by atoms with Crippen molar-refractivity contribution in [3.63, 3.8) is 0 Å². The van der Waals surface area contributed by atoms with Gasteiger partial charge in [0.05, 0.1) is 24.4 Å². The van der Waals surface area contributed by atoms with Gasteiger partial charge in [-0.2, -0.15) is 5.26 Å². The quantitative estimate of drug-likeness (QED) is 0.944.